The molecule has 9 heteroatoms. The van der Waals surface area contributed by atoms with Crippen molar-refractivity contribution in [1.29, 1.82) is 0 Å². The van der Waals surface area contributed by atoms with Crippen LogP contribution in [0.5, 0.6) is 5.75 Å². The van der Waals surface area contributed by atoms with Gasteiger partial charge in [0.1, 0.15) is 11.2 Å². The molecule has 28 heavy (non-hydrogen) atoms. The Morgan fingerprint density at radius 1 is 1.39 bits per heavy atom. The van der Waals surface area contributed by atoms with E-state index in [1.165, 1.54) is 22.9 Å². The second kappa shape index (κ2) is 6.52. The highest BCUT2D eigenvalue weighted by molar-refractivity contribution is 7.19. The van der Waals surface area contributed by atoms with Crippen LogP contribution in [0.25, 0.3) is 15.9 Å². The first-order valence-electron chi connectivity index (χ1n) is 9.11. The highest BCUT2D eigenvalue weighted by Crippen LogP contribution is 2.38. The van der Waals surface area contributed by atoms with Gasteiger partial charge in [-0.15, -0.1) is 16.4 Å². The van der Waals surface area contributed by atoms with E-state index >= 15 is 0 Å². The summed E-state index contributed by atoms with van der Waals surface area (Å²) in [7, 11) is 0. The number of hydrogen-bond donors (Lipinski definition) is 0. The molecule has 1 aliphatic rings. The lowest BCUT2D eigenvalue weighted by molar-refractivity contribution is -0.385. The molecule has 0 amide bonds. The summed E-state index contributed by atoms with van der Waals surface area (Å²) in [5.74, 6) is 1.37. The van der Waals surface area contributed by atoms with Crippen LogP contribution in [-0.2, 0) is 19.4 Å². The number of aromatic nitrogens is 4. The van der Waals surface area contributed by atoms with Gasteiger partial charge in [-0.3, -0.25) is 10.1 Å². The minimum Gasteiger partial charge on any atom is -0.478 e. The fourth-order valence-corrected chi connectivity index (χ4v) is 5.06. The molecule has 1 aromatic carbocycles. The Kier molecular flexibility index (Phi) is 3.97. The van der Waals surface area contributed by atoms with E-state index in [2.05, 4.69) is 22.0 Å². The quantitative estimate of drug-likeness (QED) is 0.383. The van der Waals surface area contributed by atoms with Crippen molar-refractivity contribution in [2.45, 2.75) is 32.8 Å². The smallest absolute Gasteiger partial charge is 0.310 e. The second-order valence-electron chi connectivity index (χ2n) is 7.09. The third-order valence-electron chi connectivity index (χ3n) is 5.09. The fourth-order valence-electron chi connectivity index (χ4n) is 3.72. The van der Waals surface area contributed by atoms with Gasteiger partial charge in [-0.05, 0) is 36.8 Å². The Morgan fingerprint density at radius 2 is 2.25 bits per heavy atom. The fraction of sp³-hybridized carbons (Fsp3) is 0.316. The largest absolute Gasteiger partial charge is 0.478 e. The van der Waals surface area contributed by atoms with Gasteiger partial charge in [-0.2, -0.15) is 0 Å². The minimum absolute atomic E-state index is 0.0530. The lowest BCUT2D eigenvalue weighted by Crippen LogP contribution is -2.08. The second-order valence-corrected chi connectivity index (χ2v) is 8.17. The summed E-state index contributed by atoms with van der Waals surface area (Å²) in [6, 6.07) is 6.30. The molecule has 1 aliphatic carbocycles. The molecule has 0 spiro atoms. The van der Waals surface area contributed by atoms with Crippen molar-refractivity contribution in [2.24, 2.45) is 5.92 Å². The maximum absolute atomic E-state index is 11.1. The number of nitro groups is 1. The SMILES string of the molecule is CC1CCc2c(sc3ncn4nc(COc5ccccc5[N+](=O)[O-])nc4c23)C1. The number of para-hydroxylation sites is 2. The van der Waals surface area contributed by atoms with E-state index in [0.717, 1.165) is 28.7 Å². The Hall–Kier alpha value is -3.07. The van der Waals surface area contributed by atoms with Crippen LogP contribution in [0.15, 0.2) is 30.6 Å². The summed E-state index contributed by atoms with van der Waals surface area (Å²) in [5.41, 5.74) is 2.05. The maximum atomic E-state index is 11.1. The van der Waals surface area contributed by atoms with Crippen LogP contribution in [0.4, 0.5) is 5.69 Å². The van der Waals surface area contributed by atoms with E-state index in [1.54, 1.807) is 40.4 Å². The number of benzene rings is 1. The van der Waals surface area contributed by atoms with Crippen molar-refractivity contribution in [1.82, 2.24) is 19.6 Å². The van der Waals surface area contributed by atoms with Crippen LogP contribution in [0.2, 0.25) is 0 Å². The number of thiophene rings is 1. The molecule has 142 valence electrons. The molecule has 0 fully saturated rings. The third-order valence-corrected chi connectivity index (χ3v) is 6.26. The normalized spacial score (nSPS) is 16.4. The Bertz CT molecular complexity index is 1220. The molecule has 3 aromatic heterocycles. The number of hydrogen-bond acceptors (Lipinski definition) is 7. The van der Waals surface area contributed by atoms with Gasteiger partial charge in [0.25, 0.3) is 0 Å². The summed E-state index contributed by atoms with van der Waals surface area (Å²) in [4.78, 5) is 22.3. The van der Waals surface area contributed by atoms with Crippen LogP contribution in [-0.4, -0.2) is 24.5 Å². The molecule has 1 unspecified atom stereocenters. The molecule has 0 N–H and O–H groups in total. The van der Waals surface area contributed by atoms with Crippen molar-refractivity contribution in [3.63, 3.8) is 0 Å². The first kappa shape index (κ1) is 17.1. The third kappa shape index (κ3) is 2.78. The van der Waals surface area contributed by atoms with Gasteiger partial charge < -0.3 is 4.74 Å². The molecular weight excluding hydrogens is 378 g/mol. The Balaban J connectivity index is 1.50. The minimum atomic E-state index is -0.460. The van der Waals surface area contributed by atoms with Gasteiger partial charge in [0.15, 0.2) is 23.8 Å². The molecule has 5 rings (SSSR count). The number of aryl methyl sites for hydroxylation is 1. The van der Waals surface area contributed by atoms with E-state index in [9.17, 15) is 10.1 Å². The van der Waals surface area contributed by atoms with E-state index in [4.69, 9.17) is 4.74 Å². The molecule has 0 aliphatic heterocycles. The van der Waals surface area contributed by atoms with E-state index < -0.39 is 4.92 Å². The van der Waals surface area contributed by atoms with Crippen LogP contribution in [0, 0.1) is 16.0 Å². The average molecular weight is 395 g/mol. The van der Waals surface area contributed by atoms with Crippen molar-refractivity contribution < 1.29 is 9.66 Å². The summed E-state index contributed by atoms with van der Waals surface area (Å²) < 4.78 is 7.31. The van der Waals surface area contributed by atoms with Gasteiger partial charge in [0.2, 0.25) is 0 Å². The molecule has 0 saturated heterocycles. The van der Waals surface area contributed by atoms with Gasteiger partial charge >= 0.3 is 5.69 Å². The zero-order valence-corrected chi connectivity index (χ0v) is 16.0. The predicted molar refractivity (Wildman–Crippen MR) is 105 cm³/mol. The van der Waals surface area contributed by atoms with E-state index in [-0.39, 0.29) is 18.0 Å². The van der Waals surface area contributed by atoms with Crippen LogP contribution in [0.1, 0.15) is 29.6 Å². The summed E-state index contributed by atoms with van der Waals surface area (Å²) in [6.45, 7) is 2.34. The van der Waals surface area contributed by atoms with Crippen LogP contribution >= 0.6 is 11.3 Å². The molecule has 0 saturated carbocycles. The standard InChI is InChI=1S/C19H17N5O3S/c1-11-6-7-12-15(8-11)28-19-17(12)18-21-16(22-23(18)10-20-19)9-27-14-5-3-2-4-13(14)24(25)26/h2-5,10-11H,6-9H2,1H3. The van der Waals surface area contributed by atoms with Gasteiger partial charge in [-0.1, -0.05) is 19.1 Å². The Morgan fingerprint density at radius 3 is 3.11 bits per heavy atom. The first-order chi connectivity index (χ1) is 13.6. The van der Waals surface area contributed by atoms with Gasteiger partial charge in [0, 0.05) is 10.9 Å². The predicted octanol–water partition coefficient (Wildman–Crippen LogP) is 3.95. The highest BCUT2D eigenvalue weighted by Gasteiger charge is 2.23. The molecule has 0 bridgehead atoms. The molecule has 1 atom stereocenters. The number of fused-ring (bicyclic) bond motifs is 5. The molecule has 0 radical (unpaired) electrons. The Labute approximate surface area is 164 Å². The average Bonchev–Trinajstić information content (AvgIpc) is 3.26. The zero-order valence-electron chi connectivity index (χ0n) is 15.2. The van der Waals surface area contributed by atoms with Crippen molar-refractivity contribution >= 4 is 32.9 Å². The number of ether oxygens (including phenoxy) is 1. The first-order valence-corrected chi connectivity index (χ1v) is 9.92. The number of nitrogens with zero attached hydrogens (tertiary/aromatic N) is 5. The van der Waals surface area contributed by atoms with Crippen molar-refractivity contribution in [3.8, 4) is 5.75 Å². The van der Waals surface area contributed by atoms with Gasteiger partial charge in [0.05, 0.1) is 10.3 Å². The molecule has 3 heterocycles. The summed E-state index contributed by atoms with van der Waals surface area (Å²) in [6.07, 6.45) is 4.96. The van der Waals surface area contributed by atoms with Crippen molar-refractivity contribution in [2.75, 3.05) is 0 Å². The topological polar surface area (TPSA) is 95.5 Å². The summed E-state index contributed by atoms with van der Waals surface area (Å²) >= 11 is 1.74. The molecule has 4 aromatic rings. The van der Waals surface area contributed by atoms with Gasteiger partial charge in [-0.25, -0.2) is 14.5 Å². The van der Waals surface area contributed by atoms with E-state index in [1.807, 2.05) is 0 Å². The lowest BCUT2D eigenvalue weighted by atomic mass is 9.89. The maximum Gasteiger partial charge on any atom is 0.310 e. The highest BCUT2D eigenvalue weighted by atomic mass is 32.1. The van der Waals surface area contributed by atoms with Crippen LogP contribution < -0.4 is 4.74 Å². The monoisotopic (exact) mass is 395 g/mol. The molecule has 8 nitrogen and oxygen atoms in total. The number of rotatable bonds is 4. The number of nitro benzene ring substituents is 1. The lowest BCUT2D eigenvalue weighted by Gasteiger charge is -2.17. The van der Waals surface area contributed by atoms with Crippen LogP contribution in [0.3, 0.4) is 0 Å². The summed E-state index contributed by atoms with van der Waals surface area (Å²) in [5, 5.41) is 16.7. The molecular formula is C19H17N5O3S. The zero-order chi connectivity index (χ0) is 19.3. The van der Waals surface area contributed by atoms with Crippen molar-refractivity contribution in [3.05, 3.63) is 57.0 Å². The van der Waals surface area contributed by atoms with E-state index in [0.29, 0.717) is 11.7 Å².